The van der Waals surface area contributed by atoms with Crippen LogP contribution in [0.2, 0.25) is 5.02 Å². The first-order valence-electron chi connectivity index (χ1n) is 4.50. The predicted octanol–water partition coefficient (Wildman–Crippen LogP) is 2.24. The molecule has 0 saturated carbocycles. The van der Waals surface area contributed by atoms with Crippen molar-refractivity contribution >= 4 is 17.9 Å². The molecule has 1 rings (SSSR count). The van der Waals surface area contributed by atoms with E-state index in [4.69, 9.17) is 21.1 Å². The zero-order valence-electron chi connectivity index (χ0n) is 8.75. The summed E-state index contributed by atoms with van der Waals surface area (Å²) in [5.74, 6) is 0.665. The molecule has 0 unspecified atom stereocenters. The molecule has 0 radical (unpaired) electrons. The summed E-state index contributed by atoms with van der Waals surface area (Å²) < 4.78 is 10.2. The third kappa shape index (κ3) is 2.94. The second-order valence-electron chi connectivity index (χ2n) is 3.06. The number of hydrogen-bond acceptors (Lipinski definition) is 3. The highest BCUT2D eigenvalue weighted by atomic mass is 35.5. The first-order chi connectivity index (χ1) is 7.22. The highest BCUT2D eigenvalue weighted by molar-refractivity contribution is 6.31. The number of ether oxygens (including phenoxy) is 2. The van der Waals surface area contributed by atoms with Gasteiger partial charge in [0.1, 0.15) is 12.0 Å². The van der Waals surface area contributed by atoms with Crippen molar-refractivity contribution in [1.82, 2.24) is 0 Å². The van der Waals surface area contributed by atoms with Gasteiger partial charge in [-0.15, -0.1) is 0 Å². The number of halogens is 1. The summed E-state index contributed by atoms with van der Waals surface area (Å²) in [6.07, 6.45) is 1.13. The Kier molecular flexibility index (Phi) is 4.59. The lowest BCUT2D eigenvalue weighted by Gasteiger charge is -2.10. The minimum atomic E-state index is 0.302. The van der Waals surface area contributed by atoms with Crippen LogP contribution < -0.4 is 4.74 Å². The molecule has 0 aliphatic heterocycles. The molecule has 4 heteroatoms. The SMILES string of the molecule is COCc1cc(OC)c(CC=O)cc1Cl. The number of rotatable bonds is 5. The van der Waals surface area contributed by atoms with E-state index in [1.807, 2.05) is 0 Å². The molecule has 82 valence electrons. The molecule has 0 amide bonds. The molecule has 0 atom stereocenters. The van der Waals surface area contributed by atoms with Gasteiger partial charge in [0.05, 0.1) is 13.7 Å². The predicted molar refractivity (Wildman–Crippen MR) is 58.5 cm³/mol. The van der Waals surface area contributed by atoms with Gasteiger partial charge in [0, 0.05) is 24.1 Å². The number of carbonyl (C=O) groups excluding carboxylic acids is 1. The average Bonchev–Trinajstić information content (AvgIpc) is 2.22. The molecule has 0 spiro atoms. The van der Waals surface area contributed by atoms with Gasteiger partial charge in [0.25, 0.3) is 0 Å². The zero-order chi connectivity index (χ0) is 11.3. The van der Waals surface area contributed by atoms with E-state index in [-0.39, 0.29) is 0 Å². The molecule has 0 aliphatic carbocycles. The standard InChI is InChI=1S/C11H13ClO3/c1-14-7-9-6-11(15-2)8(3-4-13)5-10(9)12/h4-6H,3,7H2,1-2H3. The number of benzene rings is 1. The van der Waals surface area contributed by atoms with Gasteiger partial charge < -0.3 is 14.3 Å². The molecule has 0 fully saturated rings. The van der Waals surface area contributed by atoms with Crippen molar-refractivity contribution in [1.29, 1.82) is 0 Å². The van der Waals surface area contributed by atoms with Gasteiger partial charge in [-0.3, -0.25) is 0 Å². The molecule has 0 N–H and O–H groups in total. The quantitative estimate of drug-likeness (QED) is 0.725. The summed E-state index contributed by atoms with van der Waals surface area (Å²) in [5.41, 5.74) is 1.64. The van der Waals surface area contributed by atoms with E-state index in [0.717, 1.165) is 17.4 Å². The Morgan fingerprint density at radius 1 is 1.33 bits per heavy atom. The highest BCUT2D eigenvalue weighted by Crippen LogP contribution is 2.27. The molecule has 1 aromatic carbocycles. The fraction of sp³-hybridized carbons (Fsp3) is 0.364. The van der Waals surface area contributed by atoms with Gasteiger partial charge in [-0.05, 0) is 17.7 Å². The van der Waals surface area contributed by atoms with E-state index < -0.39 is 0 Å². The summed E-state index contributed by atoms with van der Waals surface area (Å²) in [6, 6.07) is 3.54. The van der Waals surface area contributed by atoms with Gasteiger partial charge >= 0.3 is 0 Å². The van der Waals surface area contributed by atoms with Gasteiger partial charge in [-0.1, -0.05) is 11.6 Å². The second-order valence-corrected chi connectivity index (χ2v) is 3.47. The van der Waals surface area contributed by atoms with Crippen molar-refractivity contribution in [2.24, 2.45) is 0 Å². The lowest BCUT2D eigenvalue weighted by molar-refractivity contribution is -0.107. The Labute approximate surface area is 93.9 Å². The van der Waals surface area contributed by atoms with Gasteiger partial charge in [-0.2, -0.15) is 0 Å². The summed E-state index contributed by atoms with van der Waals surface area (Å²) in [4.78, 5) is 10.4. The van der Waals surface area contributed by atoms with Crippen molar-refractivity contribution in [3.8, 4) is 5.75 Å². The number of carbonyl (C=O) groups is 1. The van der Waals surface area contributed by atoms with E-state index in [9.17, 15) is 4.79 Å². The third-order valence-corrected chi connectivity index (χ3v) is 2.40. The van der Waals surface area contributed by atoms with Crippen molar-refractivity contribution < 1.29 is 14.3 Å². The fourth-order valence-electron chi connectivity index (χ4n) is 1.34. The molecule has 0 saturated heterocycles. The van der Waals surface area contributed by atoms with Crippen LogP contribution in [0.3, 0.4) is 0 Å². The highest BCUT2D eigenvalue weighted by Gasteiger charge is 2.08. The molecule has 1 aromatic rings. The van der Waals surface area contributed by atoms with E-state index in [0.29, 0.717) is 23.8 Å². The first-order valence-corrected chi connectivity index (χ1v) is 4.88. The van der Waals surface area contributed by atoms with Crippen molar-refractivity contribution in [2.45, 2.75) is 13.0 Å². The number of methoxy groups -OCH3 is 2. The van der Waals surface area contributed by atoms with Gasteiger partial charge in [-0.25, -0.2) is 0 Å². The Balaban J connectivity index is 3.09. The van der Waals surface area contributed by atoms with Crippen LogP contribution in [-0.4, -0.2) is 20.5 Å². The molecule has 0 aromatic heterocycles. The summed E-state index contributed by atoms with van der Waals surface area (Å²) in [5, 5.41) is 0.592. The Morgan fingerprint density at radius 2 is 2.07 bits per heavy atom. The molecule has 0 heterocycles. The van der Waals surface area contributed by atoms with Crippen LogP contribution in [0.5, 0.6) is 5.75 Å². The summed E-state index contributed by atoms with van der Waals surface area (Å²) in [6.45, 7) is 0.427. The van der Waals surface area contributed by atoms with Crippen LogP contribution in [0.1, 0.15) is 11.1 Å². The molecule has 3 nitrogen and oxygen atoms in total. The van der Waals surface area contributed by atoms with Gasteiger partial charge in [0.15, 0.2) is 0 Å². The maximum atomic E-state index is 10.4. The van der Waals surface area contributed by atoms with Crippen LogP contribution in [0.25, 0.3) is 0 Å². The molecule has 0 bridgehead atoms. The normalized spacial score (nSPS) is 10.1. The smallest absolute Gasteiger partial charge is 0.124 e. The van der Waals surface area contributed by atoms with E-state index in [1.165, 1.54) is 0 Å². The lowest BCUT2D eigenvalue weighted by atomic mass is 10.1. The van der Waals surface area contributed by atoms with Crippen molar-refractivity contribution in [3.05, 3.63) is 28.3 Å². The van der Waals surface area contributed by atoms with E-state index in [2.05, 4.69) is 0 Å². The third-order valence-electron chi connectivity index (χ3n) is 2.05. The minimum absolute atomic E-state index is 0.302. The second kappa shape index (κ2) is 5.73. The van der Waals surface area contributed by atoms with E-state index >= 15 is 0 Å². The van der Waals surface area contributed by atoms with Crippen LogP contribution in [-0.2, 0) is 22.6 Å². The number of hydrogen-bond donors (Lipinski definition) is 0. The molecular weight excluding hydrogens is 216 g/mol. The Hall–Kier alpha value is -1.06. The first kappa shape index (κ1) is 12.0. The van der Waals surface area contributed by atoms with Crippen molar-refractivity contribution in [3.63, 3.8) is 0 Å². The van der Waals surface area contributed by atoms with Crippen LogP contribution in [0, 0.1) is 0 Å². The Morgan fingerprint density at radius 3 is 2.60 bits per heavy atom. The number of aldehydes is 1. The fourth-order valence-corrected chi connectivity index (χ4v) is 1.58. The van der Waals surface area contributed by atoms with Crippen LogP contribution in [0.4, 0.5) is 0 Å². The molecule has 15 heavy (non-hydrogen) atoms. The lowest BCUT2D eigenvalue weighted by Crippen LogP contribution is -1.97. The summed E-state index contributed by atoms with van der Waals surface area (Å²) >= 11 is 6.02. The maximum absolute atomic E-state index is 10.4. The van der Waals surface area contributed by atoms with Crippen molar-refractivity contribution in [2.75, 3.05) is 14.2 Å². The largest absolute Gasteiger partial charge is 0.496 e. The zero-order valence-corrected chi connectivity index (χ0v) is 9.50. The average molecular weight is 229 g/mol. The van der Waals surface area contributed by atoms with Crippen LogP contribution >= 0.6 is 11.6 Å². The van der Waals surface area contributed by atoms with Crippen LogP contribution in [0.15, 0.2) is 12.1 Å². The Bertz CT molecular complexity index is 350. The topological polar surface area (TPSA) is 35.5 Å². The monoisotopic (exact) mass is 228 g/mol. The molecular formula is C11H13ClO3. The molecule has 0 aliphatic rings. The van der Waals surface area contributed by atoms with Gasteiger partial charge in [0.2, 0.25) is 0 Å². The van der Waals surface area contributed by atoms with E-state index in [1.54, 1.807) is 26.4 Å². The summed E-state index contributed by atoms with van der Waals surface area (Å²) in [7, 11) is 3.16. The minimum Gasteiger partial charge on any atom is -0.496 e. The maximum Gasteiger partial charge on any atom is 0.124 e.